The Balaban J connectivity index is 2.71. The molecule has 1 fully saturated rings. The van der Waals surface area contributed by atoms with Gasteiger partial charge in [-0.15, -0.1) is 0 Å². The van der Waals surface area contributed by atoms with Crippen LogP contribution in [0, 0.1) is 16.7 Å². The van der Waals surface area contributed by atoms with E-state index in [2.05, 4.69) is 4.18 Å². The Morgan fingerprint density at radius 3 is 2.00 bits per heavy atom. The lowest BCUT2D eigenvalue weighted by molar-refractivity contribution is -0.136. The molecule has 2 N–H and O–H groups in total. The van der Waals surface area contributed by atoms with E-state index in [0.717, 1.165) is 0 Å². The van der Waals surface area contributed by atoms with E-state index in [1.807, 2.05) is 27.7 Å². The topological polar surface area (TPSA) is 86.5 Å². The molecule has 0 radical (unpaired) electrons. The number of carbonyl (C=O) groups excluding carboxylic acids is 1. The molecule has 0 aliphatic heterocycles. The maximum Gasteiger partial charge on any atom is 0.326 e. The van der Waals surface area contributed by atoms with Gasteiger partial charge in [0.05, 0.1) is 11.7 Å². The van der Waals surface area contributed by atoms with E-state index in [1.54, 1.807) is 0 Å². The summed E-state index contributed by atoms with van der Waals surface area (Å²) in [7, 11) is -3.81. The Morgan fingerprint density at radius 2 is 1.69 bits per heavy atom. The van der Waals surface area contributed by atoms with E-state index >= 15 is 0 Å². The summed E-state index contributed by atoms with van der Waals surface area (Å²) in [4.78, 5) is 11.7. The molecular weight excluding hydrogens is 230 g/mol. The lowest BCUT2D eigenvalue weighted by atomic mass is 10.0. The van der Waals surface area contributed by atoms with E-state index in [-0.39, 0.29) is 29.0 Å². The molecule has 94 valence electrons. The molecular formula is C10H19NO4S. The van der Waals surface area contributed by atoms with Crippen molar-refractivity contribution in [3.8, 4) is 0 Å². The third-order valence-electron chi connectivity index (χ3n) is 3.83. The van der Waals surface area contributed by atoms with Gasteiger partial charge >= 0.3 is 16.1 Å². The van der Waals surface area contributed by atoms with Gasteiger partial charge < -0.3 is 9.92 Å². The minimum Gasteiger partial charge on any atom is -0.345 e. The number of hydrogen-bond donors (Lipinski definition) is 1. The number of rotatable bonds is 4. The van der Waals surface area contributed by atoms with Crippen LogP contribution in [0.1, 0.15) is 27.7 Å². The quantitative estimate of drug-likeness (QED) is 0.733. The molecule has 6 heteroatoms. The van der Waals surface area contributed by atoms with Crippen molar-refractivity contribution in [2.45, 2.75) is 27.7 Å². The molecule has 0 aromatic rings. The summed E-state index contributed by atoms with van der Waals surface area (Å²) in [5.41, 5.74) is 4.68. The van der Waals surface area contributed by atoms with Crippen molar-refractivity contribution in [2.24, 2.45) is 22.5 Å². The lowest BCUT2D eigenvalue weighted by Gasteiger charge is -2.05. The lowest BCUT2D eigenvalue weighted by Crippen LogP contribution is -2.23. The molecule has 16 heavy (non-hydrogen) atoms. The highest BCUT2D eigenvalue weighted by Crippen LogP contribution is 2.68. The second-order valence-corrected chi connectivity index (χ2v) is 7.02. The van der Waals surface area contributed by atoms with Crippen LogP contribution in [0.25, 0.3) is 0 Å². The summed E-state index contributed by atoms with van der Waals surface area (Å²) in [6.45, 7) is 7.65. The first kappa shape index (κ1) is 13.4. The maximum absolute atomic E-state index is 11.7. The zero-order valence-corrected chi connectivity index (χ0v) is 10.9. The first-order chi connectivity index (χ1) is 7.06. The maximum atomic E-state index is 11.7. The van der Waals surface area contributed by atoms with Gasteiger partial charge in [0.25, 0.3) is 0 Å². The Kier molecular flexibility index (Phi) is 3.11. The molecule has 5 nitrogen and oxygen atoms in total. The van der Waals surface area contributed by atoms with Gasteiger partial charge in [-0.05, 0) is 10.8 Å². The summed E-state index contributed by atoms with van der Waals surface area (Å²) in [6, 6.07) is 0. The van der Waals surface area contributed by atoms with Gasteiger partial charge in [-0.3, -0.25) is 4.79 Å². The molecule has 0 bridgehead atoms. The van der Waals surface area contributed by atoms with Crippen molar-refractivity contribution < 1.29 is 17.4 Å². The molecule has 0 saturated heterocycles. The molecule has 1 aliphatic carbocycles. The molecule has 0 spiro atoms. The third-order valence-corrected chi connectivity index (χ3v) is 4.99. The Labute approximate surface area is 96.5 Å². The van der Waals surface area contributed by atoms with Gasteiger partial charge in [0.15, 0.2) is 0 Å². The van der Waals surface area contributed by atoms with Crippen LogP contribution in [0.3, 0.4) is 0 Å². The van der Waals surface area contributed by atoms with Gasteiger partial charge in [0.2, 0.25) is 0 Å². The molecule has 0 aromatic carbocycles. The van der Waals surface area contributed by atoms with Gasteiger partial charge in [0, 0.05) is 6.54 Å². The predicted octanol–water partition coefficient (Wildman–Crippen LogP) is 0.500. The average molecular weight is 249 g/mol. The van der Waals surface area contributed by atoms with Crippen LogP contribution in [0.15, 0.2) is 0 Å². The van der Waals surface area contributed by atoms with Gasteiger partial charge in [-0.1, -0.05) is 27.7 Å². The third kappa shape index (κ3) is 2.08. The van der Waals surface area contributed by atoms with E-state index < -0.39 is 16.1 Å². The highest BCUT2D eigenvalue weighted by molar-refractivity contribution is 7.87. The Morgan fingerprint density at radius 1 is 1.25 bits per heavy atom. The number of nitrogens with two attached hydrogens (primary N) is 1. The van der Waals surface area contributed by atoms with E-state index in [4.69, 9.17) is 5.73 Å². The summed E-state index contributed by atoms with van der Waals surface area (Å²) in [5.74, 6) is -1.36. The molecule has 1 saturated carbocycles. The Hall–Kier alpha value is -0.620. The van der Waals surface area contributed by atoms with Crippen molar-refractivity contribution in [3.05, 3.63) is 0 Å². The zero-order valence-electron chi connectivity index (χ0n) is 10.1. The normalized spacial score (nSPS) is 22.8. The van der Waals surface area contributed by atoms with E-state index in [1.165, 1.54) is 0 Å². The highest BCUT2D eigenvalue weighted by atomic mass is 32.2. The Bertz CT molecular complexity index is 383. The van der Waals surface area contributed by atoms with Gasteiger partial charge in [-0.2, -0.15) is 8.42 Å². The second-order valence-electron chi connectivity index (χ2n) is 5.33. The van der Waals surface area contributed by atoms with E-state index in [9.17, 15) is 13.2 Å². The smallest absolute Gasteiger partial charge is 0.326 e. The molecule has 1 aliphatic rings. The standard InChI is InChI=1S/C10H19NO4S/c1-9(2)7(10(9,3)4)8(12)15-16(13,14)6-5-11/h7H,5-6,11H2,1-4H3. The zero-order chi connectivity index (χ0) is 12.8. The average Bonchev–Trinajstić information content (AvgIpc) is 2.40. The van der Waals surface area contributed by atoms with Crippen molar-refractivity contribution in [1.82, 2.24) is 0 Å². The SMILES string of the molecule is CC1(C)C(C(=O)OS(=O)(=O)CCN)C1(C)C. The van der Waals surface area contributed by atoms with Gasteiger partial charge in [0.1, 0.15) is 0 Å². The summed E-state index contributed by atoms with van der Waals surface area (Å²) < 4.78 is 27.1. The van der Waals surface area contributed by atoms with Crippen molar-refractivity contribution in [2.75, 3.05) is 12.3 Å². The van der Waals surface area contributed by atoms with E-state index in [0.29, 0.717) is 0 Å². The number of carbonyl (C=O) groups is 1. The fourth-order valence-electron chi connectivity index (χ4n) is 2.14. The van der Waals surface area contributed by atoms with Crippen LogP contribution < -0.4 is 5.73 Å². The summed E-state index contributed by atoms with van der Waals surface area (Å²) in [6.07, 6.45) is 0. The van der Waals surface area contributed by atoms with Crippen LogP contribution in [0.5, 0.6) is 0 Å². The molecule has 0 atom stereocenters. The molecule has 1 rings (SSSR count). The second kappa shape index (κ2) is 3.70. The predicted molar refractivity (Wildman–Crippen MR) is 60.0 cm³/mol. The first-order valence-electron chi connectivity index (χ1n) is 5.22. The highest BCUT2D eigenvalue weighted by Gasteiger charge is 2.69. The summed E-state index contributed by atoms with van der Waals surface area (Å²) >= 11 is 0. The van der Waals surface area contributed by atoms with Crippen LogP contribution in [0.4, 0.5) is 0 Å². The number of hydrogen-bond acceptors (Lipinski definition) is 5. The summed E-state index contributed by atoms with van der Waals surface area (Å²) in [5, 5.41) is 0. The van der Waals surface area contributed by atoms with Crippen LogP contribution in [0.2, 0.25) is 0 Å². The van der Waals surface area contributed by atoms with Crippen molar-refractivity contribution in [3.63, 3.8) is 0 Å². The minimum atomic E-state index is -3.81. The first-order valence-corrected chi connectivity index (χ1v) is 6.80. The molecule has 0 unspecified atom stereocenters. The largest absolute Gasteiger partial charge is 0.345 e. The monoisotopic (exact) mass is 249 g/mol. The van der Waals surface area contributed by atoms with Crippen molar-refractivity contribution >= 4 is 16.1 Å². The molecule has 0 amide bonds. The minimum absolute atomic E-state index is 0.0485. The van der Waals surface area contributed by atoms with Crippen LogP contribution in [-0.4, -0.2) is 26.7 Å². The van der Waals surface area contributed by atoms with Crippen molar-refractivity contribution in [1.29, 1.82) is 0 Å². The molecule has 0 aromatic heterocycles. The molecule has 0 heterocycles. The fourth-order valence-corrected chi connectivity index (χ4v) is 2.86. The van der Waals surface area contributed by atoms with Crippen LogP contribution >= 0.6 is 0 Å². The fraction of sp³-hybridized carbons (Fsp3) is 0.900. The van der Waals surface area contributed by atoms with Gasteiger partial charge in [-0.25, -0.2) is 0 Å². The van der Waals surface area contributed by atoms with Crippen LogP contribution in [-0.2, 0) is 19.1 Å².